The van der Waals surface area contributed by atoms with Crippen LogP contribution in [-0.4, -0.2) is 109 Å². The minimum absolute atomic E-state index is 0.0329. The molecule has 14 heteroatoms. The SMILES string of the molecule is CC(=O)O[C@@]12CO[C@@H]1C[C@H](O)[C@@]1(C)C(=O)[C@H](O)C3=C(C)[C@@H](OC(=O)[C@H](O)C(NC(=O)OC(C)(C)C)c4ccccc4)C[C@@](O)([C@@H](O)C12)C3(C)C. The number of ether oxygens (including phenoxy) is 4. The second-order valence-electron chi connectivity index (χ2n) is 15.8. The number of alkyl carbamates (subject to hydrolysis) is 1. The first-order valence-corrected chi connectivity index (χ1v) is 16.8. The third-order valence-corrected chi connectivity index (χ3v) is 11.4. The maximum absolute atomic E-state index is 14.4. The minimum atomic E-state index is -2.27. The Kier molecular flexibility index (Phi) is 9.59. The average Bonchev–Trinajstić information content (AvgIpc) is 3.01. The Morgan fingerprint density at radius 1 is 1.06 bits per heavy atom. The van der Waals surface area contributed by atoms with Crippen molar-refractivity contribution in [2.45, 2.75) is 128 Å². The fraction of sp³-hybridized carbons (Fsp3) is 0.667. The van der Waals surface area contributed by atoms with Gasteiger partial charge in [-0.05, 0) is 51.3 Å². The van der Waals surface area contributed by atoms with Crippen molar-refractivity contribution in [1.82, 2.24) is 5.32 Å². The van der Waals surface area contributed by atoms with Gasteiger partial charge in [0.15, 0.2) is 17.5 Å². The molecular formula is C36H49NO13. The van der Waals surface area contributed by atoms with Gasteiger partial charge in [0.2, 0.25) is 0 Å². The second-order valence-corrected chi connectivity index (χ2v) is 15.8. The van der Waals surface area contributed by atoms with Crippen molar-refractivity contribution in [1.29, 1.82) is 0 Å². The molecule has 0 aromatic heterocycles. The molecule has 1 aromatic rings. The van der Waals surface area contributed by atoms with Gasteiger partial charge in [0.05, 0.1) is 30.3 Å². The number of amides is 1. The highest BCUT2D eigenvalue weighted by Gasteiger charge is 2.76. The van der Waals surface area contributed by atoms with Gasteiger partial charge in [-0.15, -0.1) is 0 Å². The molecule has 11 atom stereocenters. The van der Waals surface area contributed by atoms with Crippen molar-refractivity contribution >= 4 is 23.8 Å². The number of Topliss-reactive ketones (excluding diaryl/α,β-unsaturated/α-hetero) is 1. The zero-order valence-corrected chi connectivity index (χ0v) is 29.6. The topological polar surface area (TPSA) is 218 Å². The normalized spacial score (nSPS) is 37.4. The highest BCUT2D eigenvalue weighted by Crippen LogP contribution is 2.63. The van der Waals surface area contributed by atoms with Crippen LogP contribution in [-0.2, 0) is 33.3 Å². The highest BCUT2D eigenvalue weighted by molar-refractivity contribution is 5.93. The van der Waals surface area contributed by atoms with E-state index < -0.39 is 106 Å². The maximum Gasteiger partial charge on any atom is 0.408 e. The van der Waals surface area contributed by atoms with E-state index in [1.807, 2.05) is 0 Å². The number of rotatable bonds is 6. The van der Waals surface area contributed by atoms with Gasteiger partial charge in [0, 0.05) is 31.1 Å². The van der Waals surface area contributed by atoms with Gasteiger partial charge < -0.3 is 49.8 Å². The van der Waals surface area contributed by atoms with Crippen LogP contribution in [0.5, 0.6) is 0 Å². The van der Waals surface area contributed by atoms with Crippen LogP contribution in [0.1, 0.15) is 79.8 Å². The Morgan fingerprint density at radius 3 is 2.22 bits per heavy atom. The number of esters is 2. The fourth-order valence-electron chi connectivity index (χ4n) is 8.68. The van der Waals surface area contributed by atoms with Gasteiger partial charge in [-0.1, -0.05) is 44.2 Å². The summed E-state index contributed by atoms with van der Waals surface area (Å²) in [5.41, 5.74) is -7.74. The lowest BCUT2D eigenvalue weighted by molar-refractivity contribution is -0.346. The minimum Gasteiger partial charge on any atom is -0.456 e. The summed E-state index contributed by atoms with van der Waals surface area (Å²) >= 11 is 0. The third kappa shape index (κ3) is 5.83. The summed E-state index contributed by atoms with van der Waals surface area (Å²) in [6.07, 6.45) is -11.1. The van der Waals surface area contributed by atoms with E-state index in [2.05, 4.69) is 5.32 Å². The van der Waals surface area contributed by atoms with Gasteiger partial charge in [-0.3, -0.25) is 9.59 Å². The molecule has 2 bridgehead atoms. The van der Waals surface area contributed by atoms with Crippen molar-refractivity contribution < 1.29 is 63.7 Å². The molecule has 5 rings (SSSR count). The van der Waals surface area contributed by atoms with Gasteiger partial charge >= 0.3 is 18.0 Å². The number of carbonyl (C=O) groups is 4. The summed E-state index contributed by atoms with van der Waals surface area (Å²) in [6.45, 7) is 11.8. The van der Waals surface area contributed by atoms with Crippen LogP contribution in [0.2, 0.25) is 0 Å². The third-order valence-electron chi connectivity index (χ3n) is 11.4. The van der Waals surface area contributed by atoms with Crippen LogP contribution in [0.25, 0.3) is 0 Å². The molecule has 4 aliphatic rings. The van der Waals surface area contributed by atoms with Crippen LogP contribution >= 0.6 is 0 Å². The summed E-state index contributed by atoms with van der Waals surface area (Å²) in [5.74, 6) is -4.29. The van der Waals surface area contributed by atoms with Crippen molar-refractivity contribution in [3.8, 4) is 0 Å². The van der Waals surface area contributed by atoms with E-state index in [9.17, 15) is 44.7 Å². The number of carbonyl (C=O) groups excluding carboxylic acids is 4. The molecule has 2 unspecified atom stereocenters. The summed E-state index contributed by atoms with van der Waals surface area (Å²) in [7, 11) is 0. The predicted octanol–water partition coefficient (Wildman–Crippen LogP) is 1.39. The van der Waals surface area contributed by atoms with Crippen LogP contribution in [0.4, 0.5) is 4.79 Å². The molecule has 3 fully saturated rings. The largest absolute Gasteiger partial charge is 0.456 e. The highest BCUT2D eigenvalue weighted by atomic mass is 16.6. The van der Waals surface area contributed by atoms with Crippen molar-refractivity contribution in [3.63, 3.8) is 0 Å². The molecule has 276 valence electrons. The number of fused-ring (bicyclic) bond motifs is 5. The van der Waals surface area contributed by atoms with Gasteiger partial charge in [-0.25, -0.2) is 9.59 Å². The predicted molar refractivity (Wildman–Crippen MR) is 174 cm³/mol. The summed E-state index contributed by atoms with van der Waals surface area (Å²) in [6, 6.07) is 6.84. The lowest BCUT2D eigenvalue weighted by Gasteiger charge is -2.67. The van der Waals surface area contributed by atoms with Crippen LogP contribution in [0.3, 0.4) is 0 Å². The first kappa shape index (κ1) is 37.8. The van der Waals surface area contributed by atoms with Gasteiger partial charge in [0.1, 0.15) is 29.5 Å². The van der Waals surface area contributed by atoms with E-state index in [0.29, 0.717) is 5.56 Å². The Balaban J connectivity index is 1.56. The standard InChI is InChI=1S/C36H49NO13/c1-17-20(48-30(44)26(41)24(19-12-10-9-11-13-19)37-31(45)50-32(3,4)5)15-36(46)29(43)27-34(8,28(42)25(40)23(17)33(36,6)7)21(39)14-22-35(27,16-47-22)49-18(2)38/h9-13,20-22,24-27,29,39-41,43,46H,14-16H2,1-8H3,(H,37,45)/t20-,21-,22+,24?,25+,26+,27?,29-,34+,35-,36+/m0/s1. The molecule has 1 aromatic carbocycles. The summed E-state index contributed by atoms with van der Waals surface area (Å²) < 4.78 is 22.6. The zero-order valence-electron chi connectivity index (χ0n) is 29.6. The summed E-state index contributed by atoms with van der Waals surface area (Å²) in [4.78, 5) is 53.3. The number of hydrogen-bond donors (Lipinski definition) is 6. The van der Waals surface area contributed by atoms with Crippen LogP contribution < -0.4 is 5.32 Å². The Labute approximate surface area is 290 Å². The lowest BCUT2D eigenvalue weighted by atomic mass is 9.44. The molecule has 0 spiro atoms. The average molecular weight is 704 g/mol. The molecule has 1 saturated heterocycles. The van der Waals surface area contributed by atoms with E-state index in [-0.39, 0.29) is 24.2 Å². The van der Waals surface area contributed by atoms with Gasteiger partial charge in [-0.2, -0.15) is 0 Å². The molecule has 0 radical (unpaired) electrons. The smallest absolute Gasteiger partial charge is 0.408 e. The molecule has 50 heavy (non-hydrogen) atoms. The Hall–Kier alpha value is -3.40. The van der Waals surface area contributed by atoms with E-state index >= 15 is 0 Å². The lowest BCUT2D eigenvalue weighted by Crippen LogP contribution is -2.81. The number of benzene rings is 1. The first-order valence-electron chi connectivity index (χ1n) is 16.8. The molecule has 1 heterocycles. The Morgan fingerprint density at radius 2 is 1.68 bits per heavy atom. The molecule has 1 amide bonds. The van der Waals surface area contributed by atoms with Crippen LogP contribution in [0, 0.1) is 16.7 Å². The molecular weight excluding hydrogens is 654 g/mol. The molecule has 3 aliphatic carbocycles. The van der Waals surface area contributed by atoms with E-state index in [1.165, 1.54) is 27.7 Å². The fourth-order valence-corrected chi connectivity index (χ4v) is 8.68. The number of hydrogen-bond acceptors (Lipinski definition) is 13. The number of ketones is 1. The van der Waals surface area contributed by atoms with Crippen molar-refractivity contribution in [3.05, 3.63) is 47.0 Å². The van der Waals surface area contributed by atoms with Gasteiger partial charge in [0.25, 0.3) is 0 Å². The second kappa shape index (κ2) is 12.7. The van der Waals surface area contributed by atoms with Crippen LogP contribution in [0.15, 0.2) is 41.5 Å². The number of aliphatic hydroxyl groups is 5. The van der Waals surface area contributed by atoms with E-state index in [1.54, 1.807) is 51.1 Å². The number of nitrogens with one attached hydrogen (secondary N) is 1. The molecule has 14 nitrogen and oxygen atoms in total. The summed E-state index contributed by atoms with van der Waals surface area (Å²) in [5, 5.41) is 62.2. The van der Waals surface area contributed by atoms with Crippen molar-refractivity contribution in [2.75, 3.05) is 6.61 Å². The molecule has 6 N–H and O–H groups in total. The van der Waals surface area contributed by atoms with Crippen molar-refractivity contribution in [2.24, 2.45) is 16.7 Å². The van der Waals surface area contributed by atoms with E-state index in [0.717, 1.165) is 6.92 Å². The quantitative estimate of drug-likeness (QED) is 0.140. The maximum atomic E-state index is 14.4. The zero-order chi connectivity index (χ0) is 37.4. The molecule has 1 aliphatic heterocycles. The first-order chi connectivity index (χ1) is 23.0. The Bertz CT molecular complexity index is 1570. The number of aliphatic hydroxyl groups excluding tert-OH is 4. The monoisotopic (exact) mass is 703 g/mol. The molecule has 2 saturated carbocycles. The van der Waals surface area contributed by atoms with E-state index in [4.69, 9.17) is 18.9 Å².